The highest BCUT2D eigenvalue weighted by molar-refractivity contribution is 7.89. The second-order valence-electron chi connectivity index (χ2n) is 7.23. The van der Waals surface area contributed by atoms with E-state index in [-0.39, 0.29) is 45.0 Å². The lowest BCUT2D eigenvalue weighted by Gasteiger charge is -2.31. The maximum absolute atomic E-state index is 13.3. The summed E-state index contributed by atoms with van der Waals surface area (Å²) in [6, 6.07) is 6.57. The van der Waals surface area contributed by atoms with Gasteiger partial charge in [0.25, 0.3) is 0 Å². The second-order valence-corrected chi connectivity index (χ2v) is 10.4. The minimum absolute atomic E-state index is 0. The van der Waals surface area contributed by atoms with E-state index in [1.807, 2.05) is 11.8 Å². The van der Waals surface area contributed by atoms with Gasteiger partial charge in [-0.25, -0.2) is 13.2 Å². The highest BCUT2D eigenvalue weighted by Crippen LogP contribution is 2.39. The Kier molecular flexibility index (Phi) is 9.52. The molecule has 33 heavy (non-hydrogen) atoms. The van der Waals surface area contributed by atoms with Crippen LogP contribution in [0.4, 0.5) is 16.2 Å². The lowest BCUT2D eigenvalue weighted by Crippen LogP contribution is -2.45. The summed E-state index contributed by atoms with van der Waals surface area (Å²) in [5.74, 6) is -0.655. The van der Waals surface area contributed by atoms with Gasteiger partial charge < -0.3 is 15.7 Å². The highest BCUT2D eigenvalue weighted by atomic mass is 35.5. The molecule has 0 aromatic heterocycles. The lowest BCUT2D eigenvalue weighted by molar-refractivity contribution is 0.168. The third-order valence-electron chi connectivity index (χ3n) is 5.32. The summed E-state index contributed by atoms with van der Waals surface area (Å²) in [6.07, 6.45) is 1.19. The Balaban J connectivity index is 0.00000385. The summed E-state index contributed by atoms with van der Waals surface area (Å²) in [5, 5.41) is 15.9. The molecule has 2 amide bonds. The minimum atomic E-state index is -4.16. The number of urea groups is 1. The highest BCUT2D eigenvalue weighted by Gasteiger charge is 2.37. The van der Waals surface area contributed by atoms with E-state index in [0.29, 0.717) is 13.0 Å². The number of rotatable bonds is 6. The van der Waals surface area contributed by atoms with Crippen molar-refractivity contribution in [3.63, 3.8) is 0 Å². The zero-order valence-corrected chi connectivity index (χ0v) is 21.7. The van der Waals surface area contributed by atoms with Gasteiger partial charge in [0.1, 0.15) is 4.90 Å². The number of sulfonamides is 1. The number of aromatic hydroxyl groups is 1. The van der Waals surface area contributed by atoms with Crippen LogP contribution >= 0.6 is 47.2 Å². The molecule has 1 unspecified atom stereocenters. The van der Waals surface area contributed by atoms with Crippen molar-refractivity contribution in [1.82, 2.24) is 9.21 Å². The van der Waals surface area contributed by atoms with Crippen molar-refractivity contribution in [2.24, 2.45) is 0 Å². The van der Waals surface area contributed by atoms with Gasteiger partial charge in [0.15, 0.2) is 5.75 Å². The SMILES string of the molecule is CCN1CCCC1N(C)S(=O)(=O)c1c(Cl)ccc(NC(=O)Nc2cccc(Cl)c2Cl)c1O.Cl. The maximum Gasteiger partial charge on any atom is 0.323 e. The number of carbonyl (C=O) groups is 1. The summed E-state index contributed by atoms with van der Waals surface area (Å²) in [7, 11) is -2.70. The van der Waals surface area contributed by atoms with Gasteiger partial charge in [-0.05, 0) is 50.2 Å². The largest absolute Gasteiger partial charge is 0.504 e. The summed E-state index contributed by atoms with van der Waals surface area (Å²) in [4.78, 5) is 14.0. The van der Waals surface area contributed by atoms with Crippen LogP contribution < -0.4 is 10.6 Å². The van der Waals surface area contributed by atoms with Gasteiger partial charge in [-0.1, -0.05) is 47.8 Å². The summed E-state index contributed by atoms with van der Waals surface area (Å²) in [5.41, 5.74) is 0.120. The Morgan fingerprint density at radius 1 is 1.15 bits per heavy atom. The summed E-state index contributed by atoms with van der Waals surface area (Å²) < 4.78 is 27.9. The molecule has 1 atom stereocenters. The monoisotopic (exact) mass is 556 g/mol. The number of halogens is 4. The van der Waals surface area contributed by atoms with Crippen molar-refractivity contribution >= 4 is 74.6 Å². The van der Waals surface area contributed by atoms with E-state index < -0.39 is 26.7 Å². The number of phenols is 1. The Hall–Kier alpha value is -1.46. The van der Waals surface area contributed by atoms with E-state index in [1.54, 1.807) is 18.2 Å². The molecule has 2 aromatic carbocycles. The molecule has 1 aliphatic heterocycles. The number of hydrogen-bond donors (Lipinski definition) is 3. The number of phenolic OH excluding ortho intramolecular Hbond substituents is 1. The Morgan fingerprint density at radius 3 is 2.48 bits per heavy atom. The molecule has 0 radical (unpaired) electrons. The number of amides is 2. The minimum Gasteiger partial charge on any atom is -0.504 e. The second kappa shape index (κ2) is 11.3. The van der Waals surface area contributed by atoms with Crippen LogP contribution in [0.3, 0.4) is 0 Å². The van der Waals surface area contributed by atoms with Crippen molar-refractivity contribution < 1.29 is 18.3 Å². The molecule has 0 saturated carbocycles. The molecule has 13 heteroatoms. The summed E-state index contributed by atoms with van der Waals surface area (Å²) >= 11 is 18.2. The van der Waals surface area contributed by atoms with Crippen molar-refractivity contribution in [3.05, 3.63) is 45.4 Å². The topological polar surface area (TPSA) is 102 Å². The molecule has 0 spiro atoms. The molecule has 3 N–H and O–H groups in total. The first-order valence-corrected chi connectivity index (χ1v) is 12.4. The van der Waals surface area contributed by atoms with E-state index in [0.717, 1.165) is 13.0 Å². The number of likely N-dealkylation sites (tertiary alicyclic amines) is 1. The lowest BCUT2D eigenvalue weighted by atomic mass is 10.3. The predicted octanol–water partition coefficient (Wildman–Crippen LogP) is 5.48. The molecule has 2 aromatic rings. The molecule has 0 bridgehead atoms. The van der Waals surface area contributed by atoms with Crippen LogP contribution in [0, 0.1) is 0 Å². The van der Waals surface area contributed by atoms with Crippen LogP contribution in [0.5, 0.6) is 5.75 Å². The van der Waals surface area contributed by atoms with Crippen LogP contribution in [0.25, 0.3) is 0 Å². The average molecular weight is 558 g/mol. The van der Waals surface area contributed by atoms with Crippen LogP contribution in [0.15, 0.2) is 35.2 Å². The summed E-state index contributed by atoms with van der Waals surface area (Å²) in [6.45, 7) is 3.44. The fourth-order valence-corrected chi connectivity index (χ4v) is 5.97. The van der Waals surface area contributed by atoms with E-state index >= 15 is 0 Å². The molecule has 3 rings (SSSR count). The predicted molar refractivity (Wildman–Crippen MR) is 135 cm³/mol. The van der Waals surface area contributed by atoms with E-state index in [1.165, 1.54) is 23.5 Å². The molecular weight excluding hydrogens is 534 g/mol. The van der Waals surface area contributed by atoms with Crippen LogP contribution in [0.1, 0.15) is 19.8 Å². The molecule has 1 aliphatic rings. The van der Waals surface area contributed by atoms with Gasteiger partial charge in [0, 0.05) is 7.05 Å². The number of nitrogens with one attached hydrogen (secondary N) is 2. The van der Waals surface area contributed by atoms with Gasteiger partial charge in [-0.2, -0.15) is 4.31 Å². The van der Waals surface area contributed by atoms with E-state index in [9.17, 15) is 18.3 Å². The van der Waals surface area contributed by atoms with E-state index in [2.05, 4.69) is 10.6 Å². The first-order chi connectivity index (χ1) is 15.1. The van der Waals surface area contributed by atoms with Gasteiger partial charge in [-0.15, -0.1) is 12.4 Å². The standard InChI is InChI=1S/C20H23Cl3N4O4S.ClH/c1-3-27-11-5-8-16(27)26(2)32(30,31)19-13(22)9-10-15(18(19)28)25-20(29)24-14-7-4-6-12(21)17(14)23;/h4,6-7,9-10,16,28H,3,5,8,11H2,1-2H3,(H2,24,25,29);1H. The number of anilines is 2. The number of carbonyl (C=O) groups excluding carboxylic acids is 1. The number of benzene rings is 2. The number of hydrogen-bond acceptors (Lipinski definition) is 5. The van der Waals surface area contributed by atoms with Gasteiger partial charge >= 0.3 is 6.03 Å². The average Bonchev–Trinajstić information content (AvgIpc) is 3.21. The van der Waals surface area contributed by atoms with Crippen LogP contribution in [0.2, 0.25) is 15.1 Å². The number of nitrogens with zero attached hydrogens (tertiary/aromatic N) is 2. The van der Waals surface area contributed by atoms with Gasteiger partial charge in [0.2, 0.25) is 10.0 Å². The Labute approximate surface area is 214 Å². The first kappa shape index (κ1) is 27.8. The Morgan fingerprint density at radius 2 is 1.82 bits per heavy atom. The fourth-order valence-electron chi connectivity index (χ4n) is 3.66. The molecule has 0 aliphatic carbocycles. The third-order valence-corrected chi connectivity index (χ3v) is 8.50. The zero-order chi connectivity index (χ0) is 23.6. The smallest absolute Gasteiger partial charge is 0.323 e. The quantitative estimate of drug-likeness (QED) is 0.408. The normalized spacial score (nSPS) is 16.5. The molecule has 182 valence electrons. The fraction of sp³-hybridized carbons (Fsp3) is 0.350. The molecule has 8 nitrogen and oxygen atoms in total. The van der Waals surface area contributed by atoms with Crippen LogP contribution in [-0.2, 0) is 10.0 Å². The molecule has 1 fully saturated rings. The van der Waals surface area contributed by atoms with Crippen molar-refractivity contribution in [1.29, 1.82) is 0 Å². The molecule has 1 saturated heterocycles. The van der Waals surface area contributed by atoms with E-state index in [4.69, 9.17) is 34.8 Å². The maximum atomic E-state index is 13.3. The first-order valence-electron chi connectivity index (χ1n) is 9.83. The Bertz CT molecular complexity index is 1130. The molecular formula is C20H24Cl4N4O4S. The molecule has 1 heterocycles. The zero-order valence-electron chi connectivity index (χ0n) is 17.8. The van der Waals surface area contributed by atoms with Crippen molar-refractivity contribution in [2.45, 2.75) is 30.8 Å². The third kappa shape index (κ3) is 5.79. The van der Waals surface area contributed by atoms with Gasteiger partial charge in [0.05, 0.1) is 32.6 Å². The van der Waals surface area contributed by atoms with Crippen molar-refractivity contribution in [2.75, 3.05) is 30.8 Å². The van der Waals surface area contributed by atoms with Crippen molar-refractivity contribution in [3.8, 4) is 5.75 Å². The van der Waals surface area contributed by atoms with Gasteiger partial charge in [-0.3, -0.25) is 4.90 Å². The van der Waals surface area contributed by atoms with Crippen LogP contribution in [-0.4, -0.2) is 55.1 Å².